The lowest BCUT2D eigenvalue weighted by atomic mass is 9.99. The Labute approximate surface area is 223 Å². The van der Waals surface area contributed by atoms with Gasteiger partial charge in [0.05, 0.1) is 28.7 Å². The highest BCUT2D eigenvalue weighted by Crippen LogP contribution is 2.43. The Bertz CT molecular complexity index is 1360. The van der Waals surface area contributed by atoms with Gasteiger partial charge in [-0.25, -0.2) is 12.8 Å². The lowest BCUT2D eigenvalue weighted by molar-refractivity contribution is -0.137. The van der Waals surface area contributed by atoms with Crippen molar-refractivity contribution in [1.82, 2.24) is 10.2 Å². The number of anilines is 1. The molecule has 1 aliphatic heterocycles. The lowest BCUT2D eigenvalue weighted by Crippen LogP contribution is -2.47. The number of carbonyl (C=O) groups is 2. The van der Waals surface area contributed by atoms with Crippen LogP contribution in [0, 0.1) is 11.7 Å². The first-order chi connectivity index (χ1) is 18.3. The molecule has 13 heteroatoms. The number of benzene rings is 2. The fourth-order valence-corrected chi connectivity index (χ4v) is 5.44. The molecule has 1 heterocycles. The number of rotatable bonds is 9. The van der Waals surface area contributed by atoms with Crippen LogP contribution < -0.4 is 10.6 Å². The quantitative estimate of drug-likeness (QED) is 0.397. The number of halogens is 4. The molecular formula is C26H29F4N3O5S. The molecule has 0 aromatic heterocycles. The van der Waals surface area contributed by atoms with Crippen molar-refractivity contribution in [1.29, 1.82) is 0 Å². The van der Waals surface area contributed by atoms with E-state index in [1.807, 2.05) is 0 Å². The van der Waals surface area contributed by atoms with Crippen LogP contribution in [0.1, 0.15) is 53.2 Å². The van der Waals surface area contributed by atoms with E-state index >= 15 is 0 Å². The number of alkyl halides is 3. The number of aliphatic hydroxyl groups is 1. The molecule has 1 saturated carbocycles. The Morgan fingerprint density at radius 2 is 1.85 bits per heavy atom. The summed E-state index contributed by atoms with van der Waals surface area (Å²) in [5.41, 5.74) is -0.876. The number of amides is 2. The normalized spacial score (nSPS) is 18.6. The van der Waals surface area contributed by atoms with Crippen molar-refractivity contribution in [2.45, 2.75) is 48.8 Å². The number of hydrogen-bond acceptors (Lipinski definition) is 6. The van der Waals surface area contributed by atoms with Crippen molar-refractivity contribution in [2.24, 2.45) is 5.92 Å². The summed E-state index contributed by atoms with van der Waals surface area (Å²) in [7, 11) is -3.65. The number of nitrogens with one attached hydrogen (secondary N) is 2. The second-order valence-electron chi connectivity index (χ2n) is 9.84. The second-order valence-corrected chi connectivity index (χ2v) is 11.9. The molecule has 2 aromatic rings. The summed E-state index contributed by atoms with van der Waals surface area (Å²) in [6.07, 6.45) is -1.59. The van der Waals surface area contributed by atoms with Crippen LogP contribution in [0.2, 0.25) is 0 Å². The molecule has 1 saturated heterocycles. The van der Waals surface area contributed by atoms with Crippen molar-refractivity contribution >= 4 is 27.3 Å². The van der Waals surface area contributed by atoms with Gasteiger partial charge >= 0.3 is 6.18 Å². The van der Waals surface area contributed by atoms with E-state index in [1.165, 1.54) is 23.1 Å². The summed E-state index contributed by atoms with van der Waals surface area (Å²) >= 11 is 0. The predicted molar refractivity (Wildman–Crippen MR) is 134 cm³/mol. The molecule has 0 radical (unpaired) electrons. The van der Waals surface area contributed by atoms with Crippen molar-refractivity contribution in [3.05, 3.63) is 58.9 Å². The zero-order valence-corrected chi connectivity index (χ0v) is 21.9. The SMILES string of the molecule is CS(=O)(=O)c1ccc(NCCO)c(C(=O)N2CCC[C@@H]2C(=O)N[C@@H](c2ccc(C(F)(F)F)cc2F)C2CC2)c1. The minimum absolute atomic E-state index is 0.0126. The zero-order valence-electron chi connectivity index (χ0n) is 21.1. The molecule has 39 heavy (non-hydrogen) atoms. The number of sulfone groups is 1. The van der Waals surface area contributed by atoms with Crippen LogP contribution in [0.25, 0.3) is 0 Å². The van der Waals surface area contributed by atoms with E-state index in [-0.39, 0.29) is 47.3 Å². The first-order valence-corrected chi connectivity index (χ1v) is 14.4. The molecule has 212 valence electrons. The maximum absolute atomic E-state index is 14.8. The van der Waals surface area contributed by atoms with Crippen LogP contribution in [-0.2, 0) is 20.8 Å². The Kier molecular flexibility index (Phi) is 8.22. The van der Waals surface area contributed by atoms with Crippen molar-refractivity contribution in [2.75, 3.05) is 31.3 Å². The standard InChI is InChI=1S/C26H29F4N3O5S/c1-39(37,38)17-7-9-21(31-10-12-34)19(14-17)25(36)33-11-2-3-22(33)24(35)32-23(15-4-5-15)18-8-6-16(13-20(18)27)26(28,29)30/h6-9,13-15,22-23,31,34H,2-5,10-12H2,1H3,(H,32,35)/t22-,23-/m1/s1. The van der Waals surface area contributed by atoms with Gasteiger partial charge in [-0.15, -0.1) is 0 Å². The van der Waals surface area contributed by atoms with Crippen molar-refractivity contribution in [3.8, 4) is 0 Å². The summed E-state index contributed by atoms with van der Waals surface area (Å²) < 4.78 is 78.0. The summed E-state index contributed by atoms with van der Waals surface area (Å²) in [5.74, 6) is -2.38. The number of nitrogens with zero attached hydrogens (tertiary/aromatic N) is 1. The second kappa shape index (κ2) is 11.1. The molecule has 2 amide bonds. The van der Waals surface area contributed by atoms with Gasteiger partial charge in [0.15, 0.2) is 9.84 Å². The van der Waals surface area contributed by atoms with Gasteiger partial charge in [-0.2, -0.15) is 13.2 Å². The molecule has 1 aliphatic carbocycles. The number of aliphatic hydroxyl groups excluding tert-OH is 1. The van der Waals surface area contributed by atoms with Crippen LogP contribution in [-0.4, -0.2) is 62.2 Å². The highest BCUT2D eigenvalue weighted by atomic mass is 32.2. The van der Waals surface area contributed by atoms with Crippen LogP contribution in [0.15, 0.2) is 41.3 Å². The average molecular weight is 572 g/mol. The Morgan fingerprint density at radius 1 is 1.13 bits per heavy atom. The Morgan fingerprint density at radius 3 is 2.44 bits per heavy atom. The molecule has 3 N–H and O–H groups in total. The van der Waals surface area contributed by atoms with Gasteiger partial charge in [-0.05, 0) is 61.9 Å². The average Bonchev–Trinajstić information content (AvgIpc) is 3.59. The molecular weight excluding hydrogens is 542 g/mol. The maximum atomic E-state index is 14.8. The summed E-state index contributed by atoms with van der Waals surface area (Å²) in [5, 5.41) is 14.8. The van der Waals surface area contributed by atoms with Crippen LogP contribution in [0.3, 0.4) is 0 Å². The van der Waals surface area contributed by atoms with E-state index in [1.54, 1.807) is 0 Å². The first kappa shape index (κ1) is 28.8. The molecule has 8 nitrogen and oxygen atoms in total. The lowest BCUT2D eigenvalue weighted by Gasteiger charge is -2.28. The van der Waals surface area contributed by atoms with Crippen LogP contribution in [0.5, 0.6) is 0 Å². The van der Waals surface area contributed by atoms with E-state index < -0.39 is 51.3 Å². The van der Waals surface area contributed by atoms with Crippen LogP contribution in [0.4, 0.5) is 23.2 Å². The van der Waals surface area contributed by atoms with Gasteiger partial charge in [-0.1, -0.05) is 6.07 Å². The summed E-state index contributed by atoms with van der Waals surface area (Å²) in [4.78, 5) is 28.2. The third-order valence-corrected chi connectivity index (χ3v) is 8.06. The molecule has 2 aliphatic rings. The monoisotopic (exact) mass is 571 g/mol. The Balaban J connectivity index is 1.59. The highest BCUT2D eigenvalue weighted by molar-refractivity contribution is 7.90. The topological polar surface area (TPSA) is 116 Å². The van der Waals surface area contributed by atoms with E-state index in [9.17, 15) is 40.7 Å². The number of hydrogen-bond donors (Lipinski definition) is 3. The fourth-order valence-electron chi connectivity index (χ4n) is 4.80. The zero-order chi connectivity index (χ0) is 28.5. The summed E-state index contributed by atoms with van der Waals surface area (Å²) in [6, 6.07) is 4.40. The molecule has 0 spiro atoms. The van der Waals surface area contributed by atoms with Gasteiger partial charge in [0, 0.05) is 30.6 Å². The number of likely N-dealkylation sites (tertiary alicyclic amines) is 1. The minimum atomic E-state index is -4.71. The van der Waals surface area contributed by atoms with Gasteiger partial charge < -0.3 is 20.6 Å². The largest absolute Gasteiger partial charge is 0.416 e. The van der Waals surface area contributed by atoms with Gasteiger partial charge in [0.25, 0.3) is 5.91 Å². The Hall–Kier alpha value is -3.19. The van der Waals surface area contributed by atoms with Crippen molar-refractivity contribution in [3.63, 3.8) is 0 Å². The van der Waals surface area contributed by atoms with Gasteiger partial charge in [0.2, 0.25) is 5.91 Å². The number of carbonyl (C=O) groups excluding carboxylic acids is 2. The summed E-state index contributed by atoms with van der Waals surface area (Å²) in [6.45, 7) is 0.0750. The van der Waals surface area contributed by atoms with E-state index in [2.05, 4.69) is 10.6 Å². The molecule has 4 rings (SSSR count). The predicted octanol–water partition coefficient (Wildman–Crippen LogP) is 3.52. The fraction of sp³-hybridized carbons (Fsp3) is 0.462. The third kappa shape index (κ3) is 6.52. The maximum Gasteiger partial charge on any atom is 0.416 e. The van der Waals surface area contributed by atoms with E-state index in [4.69, 9.17) is 0 Å². The smallest absolute Gasteiger partial charge is 0.395 e. The minimum Gasteiger partial charge on any atom is -0.395 e. The first-order valence-electron chi connectivity index (χ1n) is 12.5. The van der Waals surface area contributed by atoms with Crippen LogP contribution >= 0.6 is 0 Å². The van der Waals surface area contributed by atoms with Gasteiger partial charge in [-0.3, -0.25) is 9.59 Å². The van der Waals surface area contributed by atoms with E-state index in [0.717, 1.165) is 18.4 Å². The highest BCUT2D eigenvalue weighted by Gasteiger charge is 2.41. The molecule has 0 bridgehead atoms. The molecule has 0 unspecified atom stereocenters. The van der Waals surface area contributed by atoms with E-state index in [0.29, 0.717) is 31.7 Å². The molecule has 2 fully saturated rings. The molecule has 2 atom stereocenters. The third-order valence-electron chi connectivity index (χ3n) is 6.95. The van der Waals surface area contributed by atoms with Crippen molar-refractivity contribution < 1.29 is 40.7 Å². The molecule has 2 aromatic carbocycles. The van der Waals surface area contributed by atoms with Gasteiger partial charge in [0.1, 0.15) is 11.9 Å².